The maximum atomic E-state index is 12.2. The average molecular weight is 318 g/mol. The summed E-state index contributed by atoms with van der Waals surface area (Å²) >= 11 is 1.95. The standard InChI is InChI=1S/C17H22N2O2S/c1-11-14-5-3-4-6-15(14)21-16(11)12(2)18-17(20)19-13-7-9-22-10-8-13/h3-6,12-13H,7-10H2,1-2H3,(H2,18,19,20). The zero-order valence-corrected chi connectivity index (χ0v) is 13.8. The molecule has 2 N–H and O–H groups in total. The predicted molar refractivity (Wildman–Crippen MR) is 91.4 cm³/mol. The Morgan fingerprint density at radius 3 is 2.77 bits per heavy atom. The van der Waals surface area contributed by atoms with E-state index in [0.717, 1.165) is 46.6 Å². The van der Waals surface area contributed by atoms with Gasteiger partial charge in [0.15, 0.2) is 0 Å². The van der Waals surface area contributed by atoms with Crippen molar-refractivity contribution in [3.8, 4) is 0 Å². The van der Waals surface area contributed by atoms with E-state index in [-0.39, 0.29) is 12.1 Å². The van der Waals surface area contributed by atoms with Gasteiger partial charge in [-0.2, -0.15) is 11.8 Å². The number of aryl methyl sites for hydroxylation is 1. The number of furan rings is 1. The molecule has 1 aromatic heterocycles. The van der Waals surface area contributed by atoms with Crippen LogP contribution in [0.25, 0.3) is 11.0 Å². The van der Waals surface area contributed by atoms with Crippen LogP contribution in [0.5, 0.6) is 0 Å². The number of benzene rings is 1. The SMILES string of the molecule is Cc1c(C(C)NC(=O)NC2CCSCC2)oc2ccccc12. The van der Waals surface area contributed by atoms with E-state index in [9.17, 15) is 4.79 Å². The highest BCUT2D eigenvalue weighted by molar-refractivity contribution is 7.99. The van der Waals surface area contributed by atoms with Gasteiger partial charge in [0.05, 0.1) is 6.04 Å². The largest absolute Gasteiger partial charge is 0.459 e. The molecular weight excluding hydrogens is 296 g/mol. The van der Waals surface area contributed by atoms with Crippen LogP contribution in [0.1, 0.15) is 37.1 Å². The van der Waals surface area contributed by atoms with E-state index < -0.39 is 0 Å². The van der Waals surface area contributed by atoms with Gasteiger partial charge in [-0.3, -0.25) is 0 Å². The first-order chi connectivity index (χ1) is 10.6. The van der Waals surface area contributed by atoms with Crippen LogP contribution in [0.4, 0.5) is 4.79 Å². The molecule has 2 amide bonds. The summed E-state index contributed by atoms with van der Waals surface area (Å²) in [7, 11) is 0. The number of carbonyl (C=O) groups excluding carboxylic acids is 1. The highest BCUT2D eigenvalue weighted by Crippen LogP contribution is 2.29. The lowest BCUT2D eigenvalue weighted by molar-refractivity contribution is 0.231. The summed E-state index contributed by atoms with van der Waals surface area (Å²) in [6.07, 6.45) is 2.10. The summed E-state index contributed by atoms with van der Waals surface area (Å²) < 4.78 is 5.91. The minimum atomic E-state index is -0.148. The van der Waals surface area contributed by atoms with Gasteiger partial charge in [-0.25, -0.2) is 4.79 Å². The maximum Gasteiger partial charge on any atom is 0.315 e. The van der Waals surface area contributed by atoms with Crippen molar-refractivity contribution in [1.82, 2.24) is 10.6 Å². The highest BCUT2D eigenvalue weighted by atomic mass is 32.2. The number of nitrogens with one attached hydrogen (secondary N) is 2. The molecule has 2 heterocycles. The minimum absolute atomic E-state index is 0.107. The second kappa shape index (κ2) is 6.65. The molecule has 1 unspecified atom stereocenters. The summed E-state index contributed by atoms with van der Waals surface area (Å²) in [6.45, 7) is 4.00. The first-order valence-corrected chi connectivity index (χ1v) is 8.93. The number of hydrogen-bond donors (Lipinski definition) is 2. The molecule has 118 valence electrons. The van der Waals surface area contributed by atoms with E-state index >= 15 is 0 Å². The molecule has 1 aliphatic heterocycles. The van der Waals surface area contributed by atoms with E-state index in [2.05, 4.69) is 10.6 Å². The van der Waals surface area contributed by atoms with Gasteiger partial charge in [0.25, 0.3) is 0 Å². The van der Waals surface area contributed by atoms with Gasteiger partial charge >= 0.3 is 6.03 Å². The Bertz CT molecular complexity index is 662. The Morgan fingerprint density at radius 2 is 2.05 bits per heavy atom. The zero-order chi connectivity index (χ0) is 15.5. The second-order valence-electron chi connectivity index (χ2n) is 5.81. The van der Waals surface area contributed by atoms with Gasteiger partial charge in [-0.1, -0.05) is 18.2 Å². The number of hydrogen-bond acceptors (Lipinski definition) is 3. The van der Waals surface area contributed by atoms with Gasteiger partial charge < -0.3 is 15.1 Å². The molecule has 5 heteroatoms. The molecule has 0 spiro atoms. The summed E-state index contributed by atoms with van der Waals surface area (Å²) in [6, 6.07) is 8.00. The molecule has 4 nitrogen and oxygen atoms in total. The molecule has 1 fully saturated rings. The van der Waals surface area contributed by atoms with Crippen LogP contribution < -0.4 is 10.6 Å². The number of para-hydroxylation sites is 1. The monoisotopic (exact) mass is 318 g/mol. The van der Waals surface area contributed by atoms with Crippen molar-refractivity contribution in [3.63, 3.8) is 0 Å². The minimum Gasteiger partial charge on any atom is -0.459 e. The van der Waals surface area contributed by atoms with E-state index in [0.29, 0.717) is 6.04 Å². The second-order valence-corrected chi connectivity index (χ2v) is 7.04. The molecule has 3 rings (SSSR count). The van der Waals surface area contributed by atoms with Crippen molar-refractivity contribution in [2.45, 2.75) is 38.8 Å². The fourth-order valence-electron chi connectivity index (χ4n) is 2.94. The average Bonchev–Trinajstić information content (AvgIpc) is 2.86. The topological polar surface area (TPSA) is 54.3 Å². The molecule has 0 bridgehead atoms. The first-order valence-electron chi connectivity index (χ1n) is 7.78. The Morgan fingerprint density at radius 1 is 1.32 bits per heavy atom. The Hall–Kier alpha value is -1.62. The lowest BCUT2D eigenvalue weighted by Gasteiger charge is -2.23. The quantitative estimate of drug-likeness (QED) is 0.899. The Labute approximate surface area is 135 Å². The Kier molecular flexibility index (Phi) is 4.62. The number of amides is 2. The van der Waals surface area contributed by atoms with Crippen LogP contribution in [-0.4, -0.2) is 23.6 Å². The normalized spacial score (nSPS) is 17.4. The van der Waals surface area contributed by atoms with Crippen molar-refractivity contribution in [2.24, 2.45) is 0 Å². The van der Waals surface area contributed by atoms with Crippen molar-refractivity contribution in [3.05, 3.63) is 35.6 Å². The van der Waals surface area contributed by atoms with Crippen LogP contribution >= 0.6 is 11.8 Å². The highest BCUT2D eigenvalue weighted by Gasteiger charge is 2.20. The van der Waals surface area contributed by atoms with Crippen molar-refractivity contribution in [1.29, 1.82) is 0 Å². The third kappa shape index (κ3) is 3.24. The molecule has 1 aliphatic rings. The molecule has 1 saturated heterocycles. The third-order valence-corrected chi connectivity index (χ3v) is 5.23. The first kappa shape index (κ1) is 15.3. The van der Waals surface area contributed by atoms with E-state index in [1.165, 1.54) is 0 Å². The van der Waals surface area contributed by atoms with Crippen molar-refractivity contribution in [2.75, 3.05) is 11.5 Å². The van der Waals surface area contributed by atoms with Crippen LogP contribution in [0.15, 0.2) is 28.7 Å². The molecule has 1 atom stereocenters. The fraction of sp³-hybridized carbons (Fsp3) is 0.471. The van der Waals surface area contributed by atoms with E-state index in [1.807, 2.05) is 49.9 Å². The van der Waals surface area contributed by atoms with Crippen LogP contribution in [0.2, 0.25) is 0 Å². The smallest absolute Gasteiger partial charge is 0.315 e. The van der Waals surface area contributed by atoms with Gasteiger partial charge in [0.1, 0.15) is 11.3 Å². The number of urea groups is 1. The number of fused-ring (bicyclic) bond motifs is 1. The lowest BCUT2D eigenvalue weighted by atomic mass is 10.1. The summed E-state index contributed by atoms with van der Waals surface area (Å²) in [5.41, 5.74) is 1.96. The van der Waals surface area contributed by atoms with Crippen LogP contribution in [0.3, 0.4) is 0 Å². The summed E-state index contributed by atoms with van der Waals surface area (Å²) in [4.78, 5) is 12.2. The number of thioether (sulfide) groups is 1. The van der Waals surface area contributed by atoms with Gasteiger partial charge in [-0.15, -0.1) is 0 Å². The lowest BCUT2D eigenvalue weighted by Crippen LogP contribution is -2.44. The van der Waals surface area contributed by atoms with Crippen molar-refractivity contribution >= 4 is 28.8 Å². The van der Waals surface area contributed by atoms with E-state index in [4.69, 9.17) is 4.42 Å². The fourth-order valence-corrected chi connectivity index (χ4v) is 4.04. The van der Waals surface area contributed by atoms with Gasteiger partial charge in [0.2, 0.25) is 0 Å². The van der Waals surface area contributed by atoms with Gasteiger partial charge in [0, 0.05) is 17.0 Å². The third-order valence-electron chi connectivity index (χ3n) is 4.18. The Balaban J connectivity index is 1.66. The molecular formula is C17H22N2O2S. The van der Waals surface area contributed by atoms with Crippen molar-refractivity contribution < 1.29 is 9.21 Å². The predicted octanol–water partition coefficient (Wildman–Crippen LogP) is 4.00. The summed E-state index contributed by atoms with van der Waals surface area (Å²) in [5.74, 6) is 3.09. The number of carbonyl (C=O) groups is 1. The maximum absolute atomic E-state index is 12.2. The van der Waals surface area contributed by atoms with Gasteiger partial charge in [-0.05, 0) is 44.3 Å². The molecule has 0 saturated carbocycles. The molecule has 22 heavy (non-hydrogen) atoms. The molecule has 2 aromatic rings. The number of rotatable bonds is 3. The summed E-state index contributed by atoms with van der Waals surface area (Å²) in [5, 5.41) is 7.17. The zero-order valence-electron chi connectivity index (χ0n) is 13.0. The molecule has 0 aliphatic carbocycles. The van der Waals surface area contributed by atoms with Crippen LogP contribution in [0, 0.1) is 6.92 Å². The van der Waals surface area contributed by atoms with Crippen LogP contribution in [-0.2, 0) is 0 Å². The molecule has 0 radical (unpaired) electrons. The van der Waals surface area contributed by atoms with E-state index in [1.54, 1.807) is 0 Å². The molecule has 1 aromatic carbocycles.